The number of hydrogen-bond donors (Lipinski definition) is 0. The molecule has 0 aliphatic heterocycles. The zero-order valence-corrected chi connectivity index (χ0v) is 34.9. The van der Waals surface area contributed by atoms with E-state index in [1.165, 1.54) is 69.4 Å². The third-order valence-electron chi connectivity index (χ3n) is 12.9. The van der Waals surface area contributed by atoms with E-state index in [9.17, 15) is 0 Å². The number of nitrogens with zero attached hydrogens (tertiary/aromatic N) is 1. The summed E-state index contributed by atoms with van der Waals surface area (Å²) >= 11 is 1.86. The van der Waals surface area contributed by atoms with Crippen molar-refractivity contribution in [1.82, 2.24) is 0 Å². The Balaban J connectivity index is 0.917. The Morgan fingerprint density at radius 1 is 0.317 bits per heavy atom. The van der Waals surface area contributed by atoms with Crippen LogP contribution in [0.1, 0.15) is 0 Å². The van der Waals surface area contributed by atoms with Gasteiger partial charge in [-0.1, -0.05) is 152 Å². The van der Waals surface area contributed by atoms with Crippen molar-refractivity contribution in [3.63, 3.8) is 0 Å². The molecule has 63 heavy (non-hydrogen) atoms. The molecular formula is C60H37NOS. The molecular weight excluding hydrogens is 783 g/mol. The molecule has 13 aromatic rings. The summed E-state index contributed by atoms with van der Waals surface area (Å²) < 4.78 is 9.20. The van der Waals surface area contributed by atoms with Crippen molar-refractivity contribution in [3.05, 3.63) is 224 Å². The van der Waals surface area contributed by atoms with E-state index in [1.54, 1.807) is 0 Å². The van der Waals surface area contributed by atoms with E-state index in [0.29, 0.717) is 0 Å². The summed E-state index contributed by atoms with van der Waals surface area (Å²) in [6, 6.07) is 81.7. The van der Waals surface area contributed by atoms with E-state index in [-0.39, 0.29) is 0 Å². The Bertz CT molecular complexity index is 3900. The summed E-state index contributed by atoms with van der Waals surface area (Å²) in [6.07, 6.45) is 0. The van der Waals surface area contributed by atoms with Gasteiger partial charge in [0.15, 0.2) is 0 Å². The standard InChI is InChI=1S/C60H37NOS/c1-4-13-49-39(10-1)26-34-53-59-48(17-9-18-56(59)62-60(49)53)40-22-30-45(31-23-40)61(44-28-20-38(21-29-44)42-27-35-58-55(36-42)52-16-7-8-19-57(52)63-58)46-32-24-41(25-33-46)54-37-43-11-2-3-12-47(43)50-14-5-6-15-51(50)54/h1-37H. The fourth-order valence-electron chi connectivity index (χ4n) is 9.82. The van der Waals surface area contributed by atoms with Crippen LogP contribution in [0.5, 0.6) is 0 Å². The number of anilines is 3. The van der Waals surface area contributed by atoms with Crippen LogP contribution in [0, 0.1) is 0 Å². The SMILES string of the molecule is c1ccc2c(c1)cc(-c1ccc(N(c3ccc(-c4ccc5sc6ccccc6c5c4)cc3)c3ccc(-c4cccc5oc6c7ccccc7ccc6c45)cc3)cc1)c1ccccc12. The number of furan rings is 1. The van der Waals surface area contributed by atoms with Crippen LogP contribution in [-0.4, -0.2) is 0 Å². The fourth-order valence-corrected chi connectivity index (χ4v) is 10.9. The lowest BCUT2D eigenvalue weighted by Crippen LogP contribution is -2.09. The van der Waals surface area contributed by atoms with Gasteiger partial charge >= 0.3 is 0 Å². The average Bonchev–Trinajstić information content (AvgIpc) is 3.93. The third kappa shape index (κ3) is 5.85. The molecule has 11 aromatic carbocycles. The Hall–Kier alpha value is -7.98. The van der Waals surface area contributed by atoms with E-state index in [4.69, 9.17) is 4.42 Å². The molecule has 2 nitrogen and oxygen atoms in total. The van der Waals surface area contributed by atoms with E-state index >= 15 is 0 Å². The highest BCUT2D eigenvalue weighted by molar-refractivity contribution is 7.25. The van der Waals surface area contributed by atoms with Crippen molar-refractivity contribution in [3.8, 4) is 33.4 Å². The average molecular weight is 820 g/mol. The number of rotatable bonds is 6. The minimum atomic E-state index is 0.898. The van der Waals surface area contributed by atoms with Gasteiger partial charge in [-0.25, -0.2) is 0 Å². The van der Waals surface area contributed by atoms with Crippen molar-refractivity contribution in [1.29, 1.82) is 0 Å². The number of fused-ring (bicyclic) bond motifs is 11. The molecule has 2 aromatic heterocycles. The first-order valence-electron chi connectivity index (χ1n) is 21.5. The van der Waals surface area contributed by atoms with Gasteiger partial charge in [-0.2, -0.15) is 0 Å². The van der Waals surface area contributed by atoms with Gasteiger partial charge in [0.1, 0.15) is 11.2 Å². The second-order valence-electron chi connectivity index (χ2n) is 16.4. The van der Waals surface area contributed by atoms with Crippen molar-refractivity contribution in [2.24, 2.45) is 0 Å². The molecule has 0 aliphatic rings. The Morgan fingerprint density at radius 3 is 1.63 bits per heavy atom. The number of thiophene rings is 1. The quantitative estimate of drug-likeness (QED) is 0.155. The van der Waals surface area contributed by atoms with Crippen molar-refractivity contribution in [2.75, 3.05) is 4.90 Å². The van der Waals surface area contributed by atoms with E-state index in [0.717, 1.165) is 55.5 Å². The van der Waals surface area contributed by atoms with Crippen molar-refractivity contribution in [2.45, 2.75) is 0 Å². The van der Waals surface area contributed by atoms with E-state index < -0.39 is 0 Å². The topological polar surface area (TPSA) is 16.4 Å². The van der Waals surface area contributed by atoms with Gasteiger partial charge in [0.25, 0.3) is 0 Å². The molecule has 0 saturated heterocycles. The molecule has 3 heteroatoms. The lowest BCUT2D eigenvalue weighted by Gasteiger charge is -2.26. The van der Waals surface area contributed by atoms with Gasteiger partial charge in [-0.05, 0) is 133 Å². The Kier molecular flexibility index (Phi) is 8.12. The highest BCUT2D eigenvalue weighted by Crippen LogP contribution is 2.43. The monoisotopic (exact) mass is 819 g/mol. The Morgan fingerprint density at radius 2 is 0.889 bits per heavy atom. The summed E-state index contributed by atoms with van der Waals surface area (Å²) in [4.78, 5) is 2.37. The molecule has 0 radical (unpaired) electrons. The number of benzene rings is 11. The zero-order chi connectivity index (χ0) is 41.4. The molecule has 294 valence electrons. The molecule has 0 saturated carbocycles. The van der Waals surface area contributed by atoms with Gasteiger partial charge in [0.2, 0.25) is 0 Å². The van der Waals surface area contributed by atoms with Crippen molar-refractivity contribution >= 4 is 103 Å². The summed E-state index contributed by atoms with van der Waals surface area (Å²) in [6.45, 7) is 0. The van der Waals surface area contributed by atoms with Gasteiger partial charge < -0.3 is 9.32 Å². The maximum absolute atomic E-state index is 6.56. The van der Waals surface area contributed by atoms with Gasteiger partial charge in [-0.15, -0.1) is 11.3 Å². The molecule has 0 fully saturated rings. The first-order chi connectivity index (χ1) is 31.2. The fraction of sp³-hybridized carbons (Fsp3) is 0. The number of hydrogen-bond acceptors (Lipinski definition) is 3. The second-order valence-corrected chi connectivity index (χ2v) is 17.5. The molecule has 2 heterocycles. The lowest BCUT2D eigenvalue weighted by atomic mass is 9.93. The highest BCUT2D eigenvalue weighted by atomic mass is 32.1. The Labute approximate surface area is 368 Å². The first-order valence-corrected chi connectivity index (χ1v) is 22.3. The normalized spacial score (nSPS) is 11.8. The molecule has 0 unspecified atom stereocenters. The highest BCUT2D eigenvalue weighted by Gasteiger charge is 2.18. The summed E-state index contributed by atoms with van der Waals surface area (Å²) in [5.41, 5.74) is 12.2. The maximum atomic E-state index is 6.56. The molecule has 13 rings (SSSR count). The molecule has 0 spiro atoms. The summed E-state index contributed by atoms with van der Waals surface area (Å²) in [5.74, 6) is 0. The minimum absolute atomic E-state index is 0.898. The van der Waals surface area contributed by atoms with E-state index in [2.05, 4.69) is 229 Å². The third-order valence-corrected chi connectivity index (χ3v) is 14.0. The van der Waals surface area contributed by atoms with Crippen LogP contribution < -0.4 is 4.90 Å². The summed E-state index contributed by atoms with van der Waals surface area (Å²) in [5, 5.41) is 12.3. The van der Waals surface area contributed by atoms with Crippen molar-refractivity contribution < 1.29 is 4.42 Å². The van der Waals surface area contributed by atoms with Gasteiger partial charge in [0.05, 0.1) is 0 Å². The molecule has 0 bridgehead atoms. The lowest BCUT2D eigenvalue weighted by molar-refractivity contribution is 0.673. The minimum Gasteiger partial charge on any atom is -0.455 e. The molecule has 0 atom stereocenters. The van der Waals surface area contributed by atoms with Crippen LogP contribution in [-0.2, 0) is 0 Å². The smallest absolute Gasteiger partial charge is 0.143 e. The predicted molar refractivity (Wildman–Crippen MR) is 270 cm³/mol. The van der Waals surface area contributed by atoms with Crippen LogP contribution >= 0.6 is 11.3 Å². The van der Waals surface area contributed by atoms with Crippen LogP contribution in [0.3, 0.4) is 0 Å². The summed E-state index contributed by atoms with van der Waals surface area (Å²) in [7, 11) is 0. The second kappa shape index (κ2) is 14.3. The zero-order valence-electron chi connectivity index (χ0n) is 34.1. The van der Waals surface area contributed by atoms with Gasteiger partial charge in [-0.3, -0.25) is 0 Å². The van der Waals surface area contributed by atoms with Crippen LogP contribution in [0.25, 0.3) is 108 Å². The van der Waals surface area contributed by atoms with E-state index in [1.807, 2.05) is 11.3 Å². The van der Waals surface area contributed by atoms with Crippen LogP contribution in [0.4, 0.5) is 17.1 Å². The largest absolute Gasteiger partial charge is 0.455 e. The van der Waals surface area contributed by atoms with Crippen LogP contribution in [0.15, 0.2) is 229 Å². The molecule has 0 N–H and O–H groups in total. The predicted octanol–water partition coefficient (Wildman–Crippen LogP) is 17.9. The van der Waals surface area contributed by atoms with Gasteiger partial charge in [0, 0.05) is 53.4 Å². The molecule has 0 aliphatic carbocycles. The first kappa shape index (κ1) is 35.7. The maximum Gasteiger partial charge on any atom is 0.143 e. The molecule has 0 amide bonds. The van der Waals surface area contributed by atoms with Crippen LogP contribution in [0.2, 0.25) is 0 Å².